The maximum absolute atomic E-state index is 12.3. The summed E-state index contributed by atoms with van der Waals surface area (Å²) in [4.78, 5) is 14.5. The maximum Gasteiger partial charge on any atom is 0.243 e. The van der Waals surface area contributed by atoms with Crippen molar-refractivity contribution in [1.82, 2.24) is 0 Å². The number of hydrogen-bond acceptors (Lipinski definition) is 3. The van der Waals surface area contributed by atoms with Gasteiger partial charge in [-0.15, -0.1) is 0 Å². The van der Waals surface area contributed by atoms with Gasteiger partial charge in [0, 0.05) is 13.6 Å². The first-order valence-corrected chi connectivity index (χ1v) is 9.54. The van der Waals surface area contributed by atoms with E-state index in [1.165, 1.54) is 5.56 Å². The van der Waals surface area contributed by atoms with E-state index in [2.05, 4.69) is 27.7 Å². The molecule has 0 aromatic heterocycles. The molecular formula is C23H24ClN3O. The second kappa shape index (κ2) is 9.29. The number of nitrogens with zero attached hydrogens (tertiary/aromatic N) is 1. The lowest BCUT2D eigenvalue weighted by atomic mass is 10.2. The van der Waals surface area contributed by atoms with Crippen LogP contribution in [0.4, 0.5) is 17.1 Å². The summed E-state index contributed by atoms with van der Waals surface area (Å²) in [5.74, 6) is -0.147. The molecule has 0 aliphatic rings. The summed E-state index contributed by atoms with van der Waals surface area (Å²) in [6, 6.07) is 23.8. The Morgan fingerprint density at radius 3 is 2.43 bits per heavy atom. The normalized spacial score (nSPS) is 10.4. The molecule has 144 valence electrons. The number of aryl methyl sites for hydroxylation is 1. The van der Waals surface area contributed by atoms with E-state index in [1.807, 2.05) is 74.6 Å². The van der Waals surface area contributed by atoms with Crippen LogP contribution in [0.15, 0.2) is 72.8 Å². The van der Waals surface area contributed by atoms with Gasteiger partial charge in [-0.2, -0.15) is 0 Å². The van der Waals surface area contributed by atoms with Crippen molar-refractivity contribution in [3.63, 3.8) is 0 Å². The van der Waals surface area contributed by atoms with Crippen LogP contribution in [-0.4, -0.2) is 19.5 Å². The first kappa shape index (κ1) is 19.8. The van der Waals surface area contributed by atoms with Gasteiger partial charge in [-0.05, 0) is 42.3 Å². The van der Waals surface area contributed by atoms with Gasteiger partial charge in [0.2, 0.25) is 5.91 Å². The number of nitrogens with one attached hydrogen (secondary N) is 2. The van der Waals surface area contributed by atoms with E-state index in [1.54, 1.807) is 0 Å². The van der Waals surface area contributed by atoms with Crippen LogP contribution in [0.2, 0.25) is 5.02 Å². The number of rotatable bonds is 7. The van der Waals surface area contributed by atoms with Crippen molar-refractivity contribution in [3.8, 4) is 0 Å². The Morgan fingerprint density at radius 2 is 1.68 bits per heavy atom. The van der Waals surface area contributed by atoms with Crippen LogP contribution in [0, 0.1) is 6.92 Å². The fraction of sp³-hybridized carbons (Fsp3) is 0.174. The van der Waals surface area contributed by atoms with E-state index in [4.69, 9.17) is 11.6 Å². The summed E-state index contributed by atoms with van der Waals surface area (Å²) >= 11 is 6.19. The van der Waals surface area contributed by atoms with Crippen molar-refractivity contribution in [2.75, 3.05) is 29.1 Å². The lowest BCUT2D eigenvalue weighted by Crippen LogP contribution is -2.24. The predicted octanol–water partition coefficient (Wildman–Crippen LogP) is 5.34. The molecule has 3 aromatic carbocycles. The summed E-state index contributed by atoms with van der Waals surface area (Å²) < 4.78 is 0. The van der Waals surface area contributed by atoms with Crippen molar-refractivity contribution in [3.05, 3.63) is 88.9 Å². The Morgan fingerprint density at radius 1 is 0.964 bits per heavy atom. The van der Waals surface area contributed by atoms with Crippen LogP contribution >= 0.6 is 11.6 Å². The number of anilines is 3. The van der Waals surface area contributed by atoms with Crippen LogP contribution in [0.1, 0.15) is 11.1 Å². The summed E-state index contributed by atoms with van der Waals surface area (Å²) in [5, 5.41) is 6.62. The van der Waals surface area contributed by atoms with Crippen molar-refractivity contribution in [2.24, 2.45) is 0 Å². The molecule has 0 radical (unpaired) electrons. The highest BCUT2D eigenvalue weighted by molar-refractivity contribution is 6.33. The number of hydrogen-bond donors (Lipinski definition) is 2. The predicted molar refractivity (Wildman–Crippen MR) is 118 cm³/mol. The highest BCUT2D eigenvalue weighted by Gasteiger charge is 2.10. The molecule has 2 N–H and O–H groups in total. The fourth-order valence-electron chi connectivity index (χ4n) is 2.99. The van der Waals surface area contributed by atoms with Crippen molar-refractivity contribution in [1.29, 1.82) is 0 Å². The van der Waals surface area contributed by atoms with E-state index in [0.29, 0.717) is 10.7 Å². The van der Waals surface area contributed by atoms with Gasteiger partial charge < -0.3 is 15.5 Å². The number of carbonyl (C=O) groups is 1. The van der Waals surface area contributed by atoms with Gasteiger partial charge in [0.1, 0.15) is 0 Å². The number of para-hydroxylation sites is 2. The van der Waals surface area contributed by atoms with E-state index in [9.17, 15) is 4.79 Å². The minimum absolute atomic E-state index is 0.147. The Labute approximate surface area is 171 Å². The van der Waals surface area contributed by atoms with Gasteiger partial charge in [-0.1, -0.05) is 60.1 Å². The second-order valence-electron chi connectivity index (χ2n) is 6.74. The van der Waals surface area contributed by atoms with Gasteiger partial charge >= 0.3 is 0 Å². The van der Waals surface area contributed by atoms with Gasteiger partial charge in [0.25, 0.3) is 0 Å². The standard InChI is InChI=1S/C23H24ClN3O/c1-17-12-13-20(19(24)14-17)26-23(28)15-25-21-10-6-7-11-22(21)27(2)16-18-8-4-3-5-9-18/h3-14,25H,15-16H2,1-2H3,(H,26,28). The monoisotopic (exact) mass is 393 g/mol. The summed E-state index contributed by atoms with van der Waals surface area (Å²) in [6.45, 7) is 2.90. The van der Waals surface area contributed by atoms with Gasteiger partial charge in [-0.3, -0.25) is 4.79 Å². The molecule has 3 rings (SSSR count). The molecular weight excluding hydrogens is 370 g/mol. The minimum Gasteiger partial charge on any atom is -0.374 e. The maximum atomic E-state index is 12.3. The van der Waals surface area contributed by atoms with Crippen molar-refractivity contribution < 1.29 is 4.79 Å². The number of carbonyl (C=O) groups excluding carboxylic acids is 1. The van der Waals surface area contributed by atoms with E-state index >= 15 is 0 Å². The number of benzene rings is 3. The topological polar surface area (TPSA) is 44.4 Å². The molecule has 0 bridgehead atoms. The first-order valence-electron chi connectivity index (χ1n) is 9.17. The van der Waals surface area contributed by atoms with E-state index < -0.39 is 0 Å². The molecule has 0 heterocycles. The Kier molecular flexibility index (Phi) is 6.56. The molecule has 0 spiro atoms. The van der Waals surface area contributed by atoms with E-state index in [0.717, 1.165) is 23.5 Å². The van der Waals surface area contributed by atoms with Crippen LogP contribution in [-0.2, 0) is 11.3 Å². The highest BCUT2D eigenvalue weighted by Crippen LogP contribution is 2.26. The molecule has 4 nitrogen and oxygen atoms in total. The fourth-order valence-corrected chi connectivity index (χ4v) is 3.27. The third-order valence-corrected chi connectivity index (χ3v) is 4.73. The third-order valence-electron chi connectivity index (χ3n) is 4.42. The third kappa shape index (κ3) is 5.27. The van der Waals surface area contributed by atoms with Crippen molar-refractivity contribution >= 4 is 34.6 Å². The molecule has 0 saturated heterocycles. The molecule has 5 heteroatoms. The second-order valence-corrected chi connectivity index (χ2v) is 7.15. The Bertz CT molecular complexity index is 944. The lowest BCUT2D eigenvalue weighted by molar-refractivity contribution is -0.114. The summed E-state index contributed by atoms with van der Waals surface area (Å²) in [6.07, 6.45) is 0. The molecule has 0 aliphatic heterocycles. The lowest BCUT2D eigenvalue weighted by Gasteiger charge is -2.23. The Balaban J connectivity index is 1.63. The van der Waals surface area contributed by atoms with Crippen LogP contribution < -0.4 is 15.5 Å². The first-order chi connectivity index (χ1) is 13.5. The molecule has 28 heavy (non-hydrogen) atoms. The zero-order valence-electron chi connectivity index (χ0n) is 16.1. The zero-order chi connectivity index (χ0) is 19.9. The minimum atomic E-state index is -0.147. The van der Waals surface area contributed by atoms with Crippen molar-refractivity contribution in [2.45, 2.75) is 13.5 Å². The molecule has 0 atom stereocenters. The van der Waals surface area contributed by atoms with Crippen LogP contribution in [0.5, 0.6) is 0 Å². The smallest absolute Gasteiger partial charge is 0.243 e. The quantitative estimate of drug-likeness (QED) is 0.569. The van der Waals surface area contributed by atoms with Crippen LogP contribution in [0.25, 0.3) is 0 Å². The SMILES string of the molecule is Cc1ccc(NC(=O)CNc2ccccc2N(C)Cc2ccccc2)c(Cl)c1. The van der Waals surface area contributed by atoms with E-state index in [-0.39, 0.29) is 12.5 Å². The Hall–Kier alpha value is -2.98. The molecule has 3 aromatic rings. The number of amides is 1. The molecule has 0 fully saturated rings. The molecule has 0 unspecified atom stereocenters. The summed E-state index contributed by atoms with van der Waals surface area (Å²) in [5.41, 5.74) is 4.84. The number of halogens is 1. The summed E-state index contributed by atoms with van der Waals surface area (Å²) in [7, 11) is 2.04. The molecule has 0 aliphatic carbocycles. The van der Waals surface area contributed by atoms with Gasteiger partial charge in [0.05, 0.1) is 28.6 Å². The highest BCUT2D eigenvalue weighted by atomic mass is 35.5. The van der Waals surface area contributed by atoms with Gasteiger partial charge in [-0.25, -0.2) is 0 Å². The average Bonchev–Trinajstić information content (AvgIpc) is 2.69. The average molecular weight is 394 g/mol. The van der Waals surface area contributed by atoms with Crippen LogP contribution in [0.3, 0.4) is 0 Å². The molecule has 1 amide bonds. The van der Waals surface area contributed by atoms with Gasteiger partial charge in [0.15, 0.2) is 0 Å². The molecule has 0 saturated carbocycles. The zero-order valence-corrected chi connectivity index (χ0v) is 16.8. The largest absolute Gasteiger partial charge is 0.374 e.